The fraction of sp³-hybridized carbons (Fsp3) is 0.409. The summed E-state index contributed by atoms with van der Waals surface area (Å²) in [4.78, 5) is 17.9. The van der Waals surface area contributed by atoms with Crippen LogP contribution < -0.4 is 5.32 Å². The molecule has 146 valence electrons. The average molecular weight is 379 g/mol. The maximum absolute atomic E-state index is 13.3. The van der Waals surface area contributed by atoms with Crippen molar-refractivity contribution >= 4 is 17.0 Å². The summed E-state index contributed by atoms with van der Waals surface area (Å²) in [5.41, 5.74) is 3.31. The molecule has 1 atom stereocenters. The number of rotatable bonds is 6. The van der Waals surface area contributed by atoms with Crippen LogP contribution in [-0.4, -0.2) is 21.2 Å². The van der Waals surface area contributed by atoms with Crippen molar-refractivity contribution in [3.05, 3.63) is 52.8 Å². The molecule has 1 aromatic carbocycles. The van der Waals surface area contributed by atoms with Crippen LogP contribution in [0.5, 0.6) is 5.75 Å². The number of hydrogen-bond acceptors (Lipinski definition) is 5. The highest BCUT2D eigenvalue weighted by Crippen LogP contribution is 2.41. The number of benzene rings is 1. The third-order valence-corrected chi connectivity index (χ3v) is 5.31. The van der Waals surface area contributed by atoms with Gasteiger partial charge in [0.15, 0.2) is 0 Å². The van der Waals surface area contributed by atoms with Gasteiger partial charge < -0.3 is 14.9 Å². The summed E-state index contributed by atoms with van der Waals surface area (Å²) in [5.74, 6) is 0.487. The van der Waals surface area contributed by atoms with Crippen molar-refractivity contribution < 1.29 is 14.4 Å². The molecule has 6 heteroatoms. The van der Waals surface area contributed by atoms with Crippen molar-refractivity contribution in [3.8, 4) is 5.75 Å². The van der Waals surface area contributed by atoms with E-state index in [0.717, 1.165) is 24.2 Å². The van der Waals surface area contributed by atoms with E-state index in [1.54, 1.807) is 12.1 Å². The van der Waals surface area contributed by atoms with E-state index in [1.165, 1.54) is 0 Å². The maximum atomic E-state index is 13.3. The van der Waals surface area contributed by atoms with Gasteiger partial charge in [-0.15, -0.1) is 0 Å². The van der Waals surface area contributed by atoms with Crippen molar-refractivity contribution in [1.29, 1.82) is 0 Å². The van der Waals surface area contributed by atoms with Crippen LogP contribution in [0.4, 0.5) is 0 Å². The summed E-state index contributed by atoms with van der Waals surface area (Å²) in [5, 5.41) is 18.1. The van der Waals surface area contributed by atoms with Crippen molar-refractivity contribution in [2.24, 2.45) is 0 Å². The van der Waals surface area contributed by atoms with Gasteiger partial charge in [0.05, 0.1) is 22.7 Å². The smallest absolute Gasteiger partial charge is 0.259 e. The largest absolute Gasteiger partial charge is 0.508 e. The number of para-hydroxylation sites is 1. The van der Waals surface area contributed by atoms with E-state index in [1.807, 2.05) is 39.0 Å². The molecular weight excluding hydrogens is 354 g/mol. The normalized spacial score (nSPS) is 15.1. The SMILES string of the molecule is CCC(NC(=O)c1cc(C2CC2)nc2onc(C(C)C)c12)c1ccccc1O. The van der Waals surface area contributed by atoms with Crippen molar-refractivity contribution in [1.82, 2.24) is 15.5 Å². The summed E-state index contributed by atoms with van der Waals surface area (Å²) in [6, 6.07) is 8.70. The Morgan fingerprint density at radius 1 is 1.32 bits per heavy atom. The van der Waals surface area contributed by atoms with Crippen LogP contribution in [0, 0.1) is 0 Å². The lowest BCUT2D eigenvalue weighted by Crippen LogP contribution is -2.28. The molecule has 2 N–H and O–H groups in total. The maximum Gasteiger partial charge on any atom is 0.259 e. The number of aromatic hydroxyl groups is 1. The van der Waals surface area contributed by atoms with Gasteiger partial charge in [0.25, 0.3) is 11.6 Å². The first-order valence-electron chi connectivity index (χ1n) is 9.88. The molecule has 28 heavy (non-hydrogen) atoms. The molecule has 1 amide bonds. The molecule has 2 aromatic heterocycles. The molecule has 0 saturated heterocycles. The second-order valence-corrected chi connectivity index (χ2v) is 7.76. The number of nitrogens with zero attached hydrogens (tertiary/aromatic N) is 2. The lowest BCUT2D eigenvalue weighted by Gasteiger charge is -2.19. The van der Waals surface area contributed by atoms with Gasteiger partial charge in [0.2, 0.25) is 0 Å². The molecule has 1 unspecified atom stereocenters. The Morgan fingerprint density at radius 3 is 2.71 bits per heavy atom. The van der Waals surface area contributed by atoms with Crippen LogP contribution in [0.15, 0.2) is 34.9 Å². The summed E-state index contributed by atoms with van der Waals surface area (Å²) in [6.07, 6.45) is 2.83. The van der Waals surface area contributed by atoms with Gasteiger partial charge in [0, 0.05) is 17.2 Å². The molecule has 2 heterocycles. The Balaban J connectivity index is 1.75. The van der Waals surface area contributed by atoms with Crippen LogP contribution in [0.25, 0.3) is 11.1 Å². The zero-order valence-electron chi connectivity index (χ0n) is 16.4. The highest BCUT2D eigenvalue weighted by atomic mass is 16.5. The number of nitrogens with one attached hydrogen (secondary N) is 1. The first kappa shape index (κ1) is 18.5. The molecular formula is C22H25N3O3. The minimum atomic E-state index is -0.288. The monoisotopic (exact) mass is 379 g/mol. The number of aromatic nitrogens is 2. The van der Waals surface area contributed by atoms with Crippen LogP contribution in [0.3, 0.4) is 0 Å². The highest BCUT2D eigenvalue weighted by Gasteiger charge is 2.30. The van der Waals surface area contributed by atoms with Gasteiger partial charge in [-0.3, -0.25) is 4.79 Å². The van der Waals surface area contributed by atoms with E-state index in [9.17, 15) is 9.90 Å². The number of amides is 1. The van der Waals surface area contributed by atoms with Gasteiger partial charge >= 0.3 is 0 Å². The third-order valence-electron chi connectivity index (χ3n) is 5.31. The number of pyridine rings is 1. The summed E-state index contributed by atoms with van der Waals surface area (Å²) >= 11 is 0. The number of hydrogen-bond donors (Lipinski definition) is 2. The molecule has 0 aliphatic heterocycles. The molecule has 0 spiro atoms. The minimum absolute atomic E-state index is 0.113. The Labute approximate surface area is 164 Å². The zero-order valence-corrected chi connectivity index (χ0v) is 16.4. The topological polar surface area (TPSA) is 88.3 Å². The number of carbonyl (C=O) groups is 1. The summed E-state index contributed by atoms with van der Waals surface area (Å²) in [7, 11) is 0. The van der Waals surface area contributed by atoms with Gasteiger partial charge in [0.1, 0.15) is 5.75 Å². The molecule has 0 radical (unpaired) electrons. The number of phenolic OH excluding ortho intramolecular Hbond substituents is 1. The van der Waals surface area contributed by atoms with Gasteiger partial charge in [-0.05, 0) is 37.3 Å². The van der Waals surface area contributed by atoms with E-state index >= 15 is 0 Å². The van der Waals surface area contributed by atoms with Crippen LogP contribution in [-0.2, 0) is 0 Å². The fourth-order valence-electron chi connectivity index (χ4n) is 3.57. The number of carbonyl (C=O) groups excluding carboxylic acids is 1. The Bertz CT molecular complexity index is 1020. The van der Waals surface area contributed by atoms with Crippen LogP contribution in [0.1, 0.15) is 85.2 Å². The summed E-state index contributed by atoms with van der Waals surface area (Å²) in [6.45, 7) is 6.02. The molecule has 1 aliphatic rings. The quantitative estimate of drug-likeness (QED) is 0.642. The van der Waals surface area contributed by atoms with Crippen LogP contribution >= 0.6 is 0 Å². The number of fused-ring (bicyclic) bond motifs is 1. The minimum Gasteiger partial charge on any atom is -0.508 e. The fourth-order valence-corrected chi connectivity index (χ4v) is 3.57. The van der Waals surface area contributed by atoms with E-state index in [2.05, 4.69) is 15.5 Å². The Kier molecular flexibility index (Phi) is 4.79. The summed E-state index contributed by atoms with van der Waals surface area (Å²) < 4.78 is 5.47. The molecule has 6 nitrogen and oxygen atoms in total. The van der Waals surface area contributed by atoms with Gasteiger partial charge in [-0.1, -0.05) is 44.1 Å². The average Bonchev–Trinajstić information content (AvgIpc) is 3.44. The lowest BCUT2D eigenvalue weighted by atomic mass is 9.99. The van der Waals surface area contributed by atoms with E-state index < -0.39 is 0 Å². The van der Waals surface area contributed by atoms with Crippen molar-refractivity contribution in [2.45, 2.75) is 57.9 Å². The zero-order chi connectivity index (χ0) is 19.8. The second kappa shape index (κ2) is 7.26. The number of phenols is 1. The second-order valence-electron chi connectivity index (χ2n) is 7.76. The van der Waals surface area contributed by atoms with Gasteiger partial charge in [-0.2, -0.15) is 0 Å². The lowest BCUT2D eigenvalue weighted by molar-refractivity contribution is 0.0936. The standard InChI is InChI=1S/C22H25N3O3/c1-4-16(14-7-5-6-8-18(14)26)23-21(27)15-11-17(13-9-10-13)24-22-19(15)20(12(2)3)25-28-22/h5-8,11-13,16,26H,4,9-10H2,1-3H3,(H,23,27). The third kappa shape index (κ3) is 3.35. The molecule has 3 aromatic rings. The van der Waals surface area contributed by atoms with Gasteiger partial charge in [-0.25, -0.2) is 4.98 Å². The van der Waals surface area contributed by atoms with E-state index in [-0.39, 0.29) is 23.6 Å². The Hall–Kier alpha value is -2.89. The van der Waals surface area contributed by atoms with Crippen molar-refractivity contribution in [2.75, 3.05) is 0 Å². The molecule has 1 fully saturated rings. The first-order chi connectivity index (χ1) is 13.5. The van der Waals surface area contributed by atoms with E-state index in [4.69, 9.17) is 4.52 Å². The first-order valence-corrected chi connectivity index (χ1v) is 9.88. The molecule has 1 saturated carbocycles. The van der Waals surface area contributed by atoms with Crippen molar-refractivity contribution in [3.63, 3.8) is 0 Å². The molecule has 1 aliphatic carbocycles. The highest BCUT2D eigenvalue weighted by molar-refractivity contribution is 6.06. The predicted octanol–water partition coefficient (Wildman–Crippen LogP) is 4.81. The molecule has 0 bridgehead atoms. The predicted molar refractivity (Wildman–Crippen MR) is 106 cm³/mol. The Morgan fingerprint density at radius 2 is 2.07 bits per heavy atom. The van der Waals surface area contributed by atoms with Crippen LogP contribution in [0.2, 0.25) is 0 Å². The van der Waals surface area contributed by atoms with E-state index in [0.29, 0.717) is 34.6 Å². The molecule has 4 rings (SSSR count).